The van der Waals surface area contributed by atoms with Gasteiger partial charge in [-0.15, -0.1) is 0 Å². The SMILES string of the molecule is CC(NCc1ccc(Cl)c(Br)c1)c1cccc(Br)c1. The van der Waals surface area contributed by atoms with Crippen LogP contribution in [0.25, 0.3) is 0 Å². The van der Waals surface area contributed by atoms with Crippen molar-refractivity contribution in [2.75, 3.05) is 0 Å². The van der Waals surface area contributed by atoms with E-state index in [1.54, 1.807) is 0 Å². The smallest absolute Gasteiger partial charge is 0.0548 e. The summed E-state index contributed by atoms with van der Waals surface area (Å²) in [4.78, 5) is 0. The van der Waals surface area contributed by atoms with Gasteiger partial charge in [-0.3, -0.25) is 0 Å². The molecule has 4 heteroatoms. The molecule has 100 valence electrons. The van der Waals surface area contributed by atoms with Crippen LogP contribution in [0.1, 0.15) is 24.1 Å². The molecule has 1 unspecified atom stereocenters. The molecule has 0 radical (unpaired) electrons. The van der Waals surface area contributed by atoms with Crippen molar-refractivity contribution in [3.8, 4) is 0 Å². The standard InChI is InChI=1S/C15H14Br2ClN/c1-10(12-3-2-4-13(16)8-12)19-9-11-5-6-15(18)14(17)7-11/h2-8,10,19H,9H2,1H3. The highest BCUT2D eigenvalue weighted by Gasteiger charge is 2.06. The maximum Gasteiger partial charge on any atom is 0.0548 e. The molecule has 0 aliphatic heterocycles. The third kappa shape index (κ3) is 4.32. The second-order valence-corrected chi connectivity index (χ2v) is 6.58. The van der Waals surface area contributed by atoms with Crippen LogP contribution in [-0.4, -0.2) is 0 Å². The van der Waals surface area contributed by atoms with Gasteiger partial charge in [-0.25, -0.2) is 0 Å². The lowest BCUT2D eigenvalue weighted by Gasteiger charge is -2.15. The average molecular weight is 404 g/mol. The Balaban J connectivity index is 2.00. The Morgan fingerprint density at radius 3 is 2.63 bits per heavy atom. The van der Waals surface area contributed by atoms with Crippen molar-refractivity contribution in [3.05, 3.63) is 67.6 Å². The number of benzene rings is 2. The van der Waals surface area contributed by atoms with Crippen molar-refractivity contribution in [2.45, 2.75) is 19.5 Å². The largest absolute Gasteiger partial charge is 0.306 e. The molecule has 0 heterocycles. The topological polar surface area (TPSA) is 12.0 Å². The molecule has 0 saturated heterocycles. The van der Waals surface area contributed by atoms with E-state index in [0.717, 1.165) is 20.5 Å². The number of nitrogens with one attached hydrogen (secondary N) is 1. The lowest BCUT2D eigenvalue weighted by atomic mass is 10.1. The lowest BCUT2D eigenvalue weighted by Crippen LogP contribution is -2.18. The quantitative estimate of drug-likeness (QED) is 0.689. The zero-order valence-corrected chi connectivity index (χ0v) is 14.4. The molecular weight excluding hydrogens is 389 g/mol. The Hall–Kier alpha value is -0.350. The third-order valence-electron chi connectivity index (χ3n) is 2.95. The van der Waals surface area contributed by atoms with Crippen LogP contribution in [-0.2, 0) is 6.54 Å². The maximum atomic E-state index is 5.98. The molecule has 19 heavy (non-hydrogen) atoms. The third-order valence-corrected chi connectivity index (χ3v) is 4.65. The predicted octanol–water partition coefficient (Wildman–Crippen LogP) is 5.72. The fraction of sp³-hybridized carbons (Fsp3) is 0.200. The summed E-state index contributed by atoms with van der Waals surface area (Å²) in [7, 11) is 0. The van der Waals surface area contributed by atoms with Crippen molar-refractivity contribution in [1.82, 2.24) is 5.32 Å². The first-order chi connectivity index (χ1) is 9.06. The summed E-state index contributed by atoms with van der Waals surface area (Å²) >= 11 is 12.9. The van der Waals surface area contributed by atoms with Crippen LogP contribution in [0.4, 0.5) is 0 Å². The molecule has 0 fully saturated rings. The van der Waals surface area contributed by atoms with Gasteiger partial charge in [-0.2, -0.15) is 0 Å². The molecular formula is C15H14Br2ClN. The van der Waals surface area contributed by atoms with Crippen molar-refractivity contribution in [1.29, 1.82) is 0 Å². The van der Waals surface area contributed by atoms with Gasteiger partial charge in [-0.05, 0) is 58.2 Å². The van der Waals surface area contributed by atoms with Crippen molar-refractivity contribution >= 4 is 43.5 Å². The molecule has 0 aliphatic rings. The molecule has 0 aromatic heterocycles. The number of hydrogen-bond acceptors (Lipinski definition) is 1. The zero-order chi connectivity index (χ0) is 13.8. The van der Waals surface area contributed by atoms with Crippen molar-refractivity contribution in [2.24, 2.45) is 0 Å². The average Bonchev–Trinajstić information content (AvgIpc) is 2.40. The van der Waals surface area contributed by atoms with E-state index in [4.69, 9.17) is 11.6 Å². The first-order valence-corrected chi connectivity index (χ1v) is 7.95. The highest BCUT2D eigenvalue weighted by molar-refractivity contribution is 9.10. The molecule has 2 aromatic rings. The van der Waals surface area contributed by atoms with Gasteiger partial charge in [0.05, 0.1) is 5.02 Å². The van der Waals surface area contributed by atoms with Crippen LogP contribution in [0.2, 0.25) is 5.02 Å². The van der Waals surface area contributed by atoms with E-state index in [2.05, 4.69) is 62.3 Å². The van der Waals surface area contributed by atoms with E-state index in [1.165, 1.54) is 11.1 Å². The van der Waals surface area contributed by atoms with E-state index in [-0.39, 0.29) is 0 Å². The van der Waals surface area contributed by atoms with Crippen LogP contribution >= 0.6 is 43.5 Å². The van der Waals surface area contributed by atoms with E-state index >= 15 is 0 Å². The normalized spacial score (nSPS) is 12.4. The molecule has 1 atom stereocenters. The molecule has 2 rings (SSSR count). The molecule has 0 aliphatic carbocycles. The molecule has 0 saturated carbocycles. The minimum Gasteiger partial charge on any atom is -0.306 e. The van der Waals surface area contributed by atoms with Gasteiger partial charge < -0.3 is 5.32 Å². The van der Waals surface area contributed by atoms with Crippen molar-refractivity contribution < 1.29 is 0 Å². The molecule has 0 bridgehead atoms. The van der Waals surface area contributed by atoms with Crippen LogP contribution in [0.15, 0.2) is 51.4 Å². The number of rotatable bonds is 4. The maximum absolute atomic E-state index is 5.98. The first kappa shape index (κ1) is 15.0. The minimum atomic E-state index is 0.298. The van der Waals surface area contributed by atoms with Crippen molar-refractivity contribution in [3.63, 3.8) is 0 Å². The van der Waals surface area contributed by atoms with Gasteiger partial charge in [0.1, 0.15) is 0 Å². The highest BCUT2D eigenvalue weighted by atomic mass is 79.9. The second-order valence-electron chi connectivity index (χ2n) is 4.41. The molecule has 0 spiro atoms. The Kier molecular flexibility index (Phi) is 5.46. The Labute approximate surface area is 135 Å². The second kappa shape index (κ2) is 6.89. The van der Waals surface area contributed by atoms with Gasteiger partial charge in [0.2, 0.25) is 0 Å². The van der Waals surface area contributed by atoms with Crippen LogP contribution in [0.5, 0.6) is 0 Å². The summed E-state index contributed by atoms with van der Waals surface area (Å²) in [5.74, 6) is 0. The van der Waals surface area contributed by atoms with Gasteiger partial charge in [0.15, 0.2) is 0 Å². The monoisotopic (exact) mass is 401 g/mol. The minimum absolute atomic E-state index is 0.298. The van der Waals surface area contributed by atoms with E-state index in [0.29, 0.717) is 6.04 Å². The van der Waals surface area contributed by atoms with E-state index < -0.39 is 0 Å². The molecule has 0 amide bonds. The number of hydrogen-bond donors (Lipinski definition) is 1. The summed E-state index contributed by atoms with van der Waals surface area (Å²) in [6.45, 7) is 2.97. The van der Waals surface area contributed by atoms with Crippen LogP contribution < -0.4 is 5.32 Å². The van der Waals surface area contributed by atoms with E-state index in [1.807, 2.05) is 24.3 Å². The Morgan fingerprint density at radius 1 is 1.16 bits per heavy atom. The van der Waals surface area contributed by atoms with Gasteiger partial charge in [0.25, 0.3) is 0 Å². The van der Waals surface area contributed by atoms with Crippen LogP contribution in [0.3, 0.4) is 0 Å². The number of halogens is 3. The van der Waals surface area contributed by atoms with Gasteiger partial charge in [0, 0.05) is 21.5 Å². The summed E-state index contributed by atoms with van der Waals surface area (Å²) in [5, 5.41) is 4.24. The highest BCUT2D eigenvalue weighted by Crippen LogP contribution is 2.24. The summed E-state index contributed by atoms with van der Waals surface area (Å²) in [6.07, 6.45) is 0. The molecule has 2 aromatic carbocycles. The Bertz CT molecular complexity index is 572. The molecule has 1 nitrogen and oxygen atoms in total. The fourth-order valence-electron chi connectivity index (χ4n) is 1.81. The predicted molar refractivity (Wildman–Crippen MR) is 88.5 cm³/mol. The zero-order valence-electron chi connectivity index (χ0n) is 10.5. The van der Waals surface area contributed by atoms with Crippen LogP contribution in [0, 0.1) is 0 Å². The Morgan fingerprint density at radius 2 is 1.95 bits per heavy atom. The summed E-state index contributed by atoms with van der Waals surface area (Å²) in [6, 6.07) is 14.6. The first-order valence-electron chi connectivity index (χ1n) is 5.99. The fourth-order valence-corrected chi connectivity index (χ4v) is 2.78. The van der Waals surface area contributed by atoms with E-state index in [9.17, 15) is 0 Å². The lowest BCUT2D eigenvalue weighted by molar-refractivity contribution is 0.574. The van der Waals surface area contributed by atoms with Gasteiger partial charge >= 0.3 is 0 Å². The molecule has 1 N–H and O–H groups in total. The summed E-state index contributed by atoms with van der Waals surface area (Å²) < 4.78 is 2.04. The van der Waals surface area contributed by atoms with Gasteiger partial charge in [-0.1, -0.05) is 45.7 Å². The summed E-state index contributed by atoms with van der Waals surface area (Å²) in [5.41, 5.74) is 2.47.